The number of rotatable bonds is 2. The van der Waals surface area contributed by atoms with Crippen LogP contribution in [0.15, 0.2) is 60.7 Å². The Kier molecular flexibility index (Phi) is 10.6. The summed E-state index contributed by atoms with van der Waals surface area (Å²) in [6.45, 7) is 9.07. The molecule has 0 heterocycles. The van der Waals surface area contributed by atoms with Crippen LogP contribution in [0.3, 0.4) is 0 Å². The van der Waals surface area contributed by atoms with E-state index >= 15 is 0 Å². The van der Waals surface area contributed by atoms with Gasteiger partial charge >= 0.3 is 0 Å². The maximum absolute atomic E-state index is 2.27. The summed E-state index contributed by atoms with van der Waals surface area (Å²) in [4.78, 5) is 0. The largest absolute Gasteiger partial charge is 0.0817 e. The van der Waals surface area contributed by atoms with Gasteiger partial charge in [0.05, 0.1) is 0 Å². The van der Waals surface area contributed by atoms with Crippen LogP contribution in [0.2, 0.25) is 0 Å². The molecule has 0 atom stereocenters. The fourth-order valence-corrected chi connectivity index (χ4v) is 2.99. The van der Waals surface area contributed by atoms with Crippen molar-refractivity contribution in [2.24, 2.45) is 0 Å². The molecule has 19 heavy (non-hydrogen) atoms. The molecule has 0 aromatic heterocycles. The van der Waals surface area contributed by atoms with E-state index in [0.717, 1.165) is 0 Å². The molecule has 0 nitrogen and oxygen atoms in total. The summed E-state index contributed by atoms with van der Waals surface area (Å²) in [7, 11) is 0.209. The van der Waals surface area contributed by atoms with Gasteiger partial charge in [0.2, 0.25) is 0 Å². The standard InChI is InChI=1S/2C8H11P.Rh/c2*1-9(2)8-6-4-3-5-7-8;/h2*3-7H,1-2H3;. The minimum absolute atomic E-state index is 0. The zero-order valence-corrected chi connectivity index (χ0v) is 15.4. The van der Waals surface area contributed by atoms with E-state index < -0.39 is 0 Å². The number of benzene rings is 2. The Hall–Kier alpha value is -0.0766. The van der Waals surface area contributed by atoms with Gasteiger partial charge in [-0.3, -0.25) is 0 Å². The molecule has 0 saturated heterocycles. The first-order valence-electron chi connectivity index (χ1n) is 6.06. The quantitative estimate of drug-likeness (QED) is 0.545. The average molecular weight is 379 g/mol. The Morgan fingerprint density at radius 1 is 0.526 bits per heavy atom. The van der Waals surface area contributed by atoms with Crippen molar-refractivity contribution in [1.82, 2.24) is 0 Å². The van der Waals surface area contributed by atoms with Gasteiger partial charge in [0.25, 0.3) is 0 Å². The molecule has 0 spiro atoms. The van der Waals surface area contributed by atoms with Crippen LogP contribution in [-0.4, -0.2) is 26.7 Å². The van der Waals surface area contributed by atoms with Crippen molar-refractivity contribution in [2.75, 3.05) is 26.7 Å². The van der Waals surface area contributed by atoms with Gasteiger partial charge in [-0.15, -0.1) is 0 Å². The van der Waals surface area contributed by atoms with Gasteiger partial charge in [-0.2, -0.15) is 0 Å². The molecular weight excluding hydrogens is 357 g/mol. The molecule has 2 aromatic carbocycles. The first-order chi connectivity index (χ1) is 8.61. The van der Waals surface area contributed by atoms with E-state index in [4.69, 9.17) is 0 Å². The predicted octanol–water partition coefficient (Wildman–Crippen LogP) is 4.10. The molecule has 0 bridgehead atoms. The molecule has 2 rings (SSSR count). The van der Waals surface area contributed by atoms with Crippen LogP contribution in [0.4, 0.5) is 0 Å². The van der Waals surface area contributed by atoms with Crippen molar-refractivity contribution in [3.8, 4) is 0 Å². The van der Waals surface area contributed by atoms with E-state index in [-0.39, 0.29) is 35.3 Å². The molecule has 0 saturated carbocycles. The zero-order valence-electron chi connectivity index (χ0n) is 12.0. The van der Waals surface area contributed by atoms with E-state index in [0.29, 0.717) is 0 Å². The Morgan fingerprint density at radius 2 is 0.789 bits per heavy atom. The summed E-state index contributed by atoms with van der Waals surface area (Å²) in [6.07, 6.45) is 0. The Morgan fingerprint density at radius 3 is 0.947 bits per heavy atom. The third kappa shape index (κ3) is 7.94. The molecule has 0 aliphatic carbocycles. The van der Waals surface area contributed by atoms with Crippen LogP contribution in [0, 0.1) is 0 Å². The Bertz CT molecular complexity index is 384. The second kappa shape index (κ2) is 10.7. The van der Waals surface area contributed by atoms with Gasteiger partial charge in [0.1, 0.15) is 0 Å². The molecule has 0 aliphatic heterocycles. The fraction of sp³-hybridized carbons (Fsp3) is 0.250. The molecule has 0 amide bonds. The summed E-state index contributed by atoms with van der Waals surface area (Å²) >= 11 is 0. The average Bonchev–Trinajstić information content (AvgIpc) is 2.41. The monoisotopic (exact) mass is 379 g/mol. The fourth-order valence-electron chi connectivity index (χ4n) is 1.45. The maximum atomic E-state index is 2.27. The van der Waals surface area contributed by atoms with E-state index in [2.05, 4.69) is 87.3 Å². The molecule has 3 heteroatoms. The first kappa shape index (κ1) is 18.9. The van der Waals surface area contributed by atoms with Crippen molar-refractivity contribution in [3.63, 3.8) is 0 Å². The summed E-state index contributed by atoms with van der Waals surface area (Å²) in [6, 6.07) is 21.2. The molecule has 1 radical (unpaired) electrons. The van der Waals surface area contributed by atoms with E-state index in [1.54, 1.807) is 0 Å². The minimum atomic E-state index is 0. The van der Waals surface area contributed by atoms with E-state index in [9.17, 15) is 0 Å². The summed E-state index contributed by atoms with van der Waals surface area (Å²) in [5.74, 6) is 0. The van der Waals surface area contributed by atoms with Gasteiger partial charge in [0.15, 0.2) is 0 Å². The molecule has 105 valence electrons. The Labute approximate surface area is 133 Å². The molecule has 2 aromatic rings. The molecule has 0 aliphatic rings. The van der Waals surface area contributed by atoms with Gasteiger partial charge in [-0.25, -0.2) is 0 Å². The van der Waals surface area contributed by atoms with Crippen molar-refractivity contribution < 1.29 is 19.5 Å². The normalized spacial score (nSPS) is 9.58. The van der Waals surface area contributed by atoms with Crippen LogP contribution >= 0.6 is 15.8 Å². The van der Waals surface area contributed by atoms with Crippen molar-refractivity contribution in [2.45, 2.75) is 0 Å². The van der Waals surface area contributed by atoms with Crippen LogP contribution in [-0.2, 0) is 19.5 Å². The third-order valence-electron chi connectivity index (χ3n) is 2.55. The van der Waals surface area contributed by atoms with E-state index in [1.807, 2.05) is 0 Å². The van der Waals surface area contributed by atoms with Crippen molar-refractivity contribution >= 4 is 26.5 Å². The number of hydrogen-bond donors (Lipinski definition) is 0. The summed E-state index contributed by atoms with van der Waals surface area (Å²) in [5, 5.41) is 2.96. The zero-order chi connectivity index (χ0) is 13.4. The number of hydrogen-bond acceptors (Lipinski definition) is 0. The molecule has 0 fully saturated rings. The third-order valence-corrected chi connectivity index (χ3v) is 5.21. The molecular formula is C16H22P2Rh. The van der Waals surface area contributed by atoms with Crippen LogP contribution in [0.25, 0.3) is 0 Å². The second-order valence-electron chi connectivity index (χ2n) is 4.46. The second-order valence-corrected chi connectivity index (χ2v) is 9.07. The van der Waals surface area contributed by atoms with Gasteiger partial charge < -0.3 is 0 Å². The molecule has 0 N–H and O–H groups in total. The minimum Gasteiger partial charge on any atom is -0.0817 e. The van der Waals surface area contributed by atoms with Crippen LogP contribution in [0.5, 0.6) is 0 Å². The predicted molar refractivity (Wildman–Crippen MR) is 89.7 cm³/mol. The summed E-state index contributed by atoms with van der Waals surface area (Å²) in [5.41, 5.74) is 0. The Balaban J connectivity index is 0.000000324. The van der Waals surface area contributed by atoms with E-state index in [1.165, 1.54) is 10.6 Å². The first-order valence-corrected chi connectivity index (χ1v) is 10.5. The smallest absolute Gasteiger partial charge is 0 e. The van der Waals surface area contributed by atoms with Gasteiger partial charge in [-0.1, -0.05) is 76.5 Å². The van der Waals surface area contributed by atoms with Crippen molar-refractivity contribution in [1.29, 1.82) is 0 Å². The molecule has 0 unspecified atom stereocenters. The topological polar surface area (TPSA) is 0 Å². The summed E-state index contributed by atoms with van der Waals surface area (Å²) < 4.78 is 0. The van der Waals surface area contributed by atoms with Crippen LogP contribution < -0.4 is 10.6 Å². The SMILES string of the molecule is CP(C)c1ccccc1.CP(C)c1ccccc1.[Rh]. The van der Waals surface area contributed by atoms with Gasteiger partial charge in [0, 0.05) is 19.5 Å². The van der Waals surface area contributed by atoms with Crippen LogP contribution in [0.1, 0.15) is 0 Å². The van der Waals surface area contributed by atoms with Crippen molar-refractivity contribution in [3.05, 3.63) is 60.7 Å². The van der Waals surface area contributed by atoms with Gasteiger partial charge in [-0.05, 0) is 37.3 Å². The maximum Gasteiger partial charge on any atom is 0 e.